The molecule has 1 fully saturated rings. The number of rotatable bonds is 9. The largest absolute Gasteiger partial charge is 0.356 e. The van der Waals surface area contributed by atoms with Crippen molar-refractivity contribution in [1.29, 1.82) is 0 Å². The van der Waals surface area contributed by atoms with Gasteiger partial charge in [0, 0.05) is 41.1 Å². The number of carbonyl (C=O) groups excluding carboxylic acids is 2. The third-order valence-corrected chi connectivity index (χ3v) is 6.70. The predicted octanol–water partition coefficient (Wildman–Crippen LogP) is 5.75. The summed E-state index contributed by atoms with van der Waals surface area (Å²) in [4.78, 5) is 23.8. The highest BCUT2D eigenvalue weighted by atomic mass is 35.5. The molecule has 5 nitrogen and oxygen atoms in total. The molecule has 3 N–H and O–H groups in total. The van der Waals surface area contributed by atoms with E-state index >= 15 is 0 Å². The molecule has 0 spiro atoms. The molecule has 3 amide bonds. The number of hydrogen-bond acceptors (Lipinski definition) is 2. The second-order valence-electron chi connectivity index (χ2n) is 8.05. The monoisotopic (exact) mass is 495 g/mol. The molecule has 0 saturated carbocycles. The Morgan fingerprint density at radius 2 is 1.81 bits per heavy atom. The van der Waals surface area contributed by atoms with Crippen LogP contribution in [0.25, 0.3) is 0 Å². The molecule has 3 rings (SSSR count). The smallest absolute Gasteiger partial charge is 0.314 e. The molecule has 3 atom stereocenters. The van der Waals surface area contributed by atoms with Crippen LogP contribution in [-0.4, -0.2) is 31.6 Å². The van der Waals surface area contributed by atoms with E-state index in [0.717, 1.165) is 24.0 Å². The lowest BCUT2D eigenvalue weighted by molar-refractivity contribution is -0.119. The standard InChI is InChI=1S/C24H28Cl3N3O2/c1-2-28-24(32)29-11-3-4-20(19-10-9-18(26)13-21(19)27)23(16-12-22(31)30-14-16)15-5-7-17(25)8-6-15/h5-10,13,16,20,23H,2-4,11-12,14H2,1H3,(H,30,31)(H2,28,29,32)/t16-,20-,23+/m0/s1. The van der Waals surface area contributed by atoms with Gasteiger partial charge in [-0.15, -0.1) is 0 Å². The lowest BCUT2D eigenvalue weighted by Crippen LogP contribution is -2.36. The van der Waals surface area contributed by atoms with Crippen LogP contribution in [0.1, 0.15) is 49.1 Å². The molecule has 0 aliphatic carbocycles. The molecule has 1 saturated heterocycles. The highest BCUT2D eigenvalue weighted by molar-refractivity contribution is 6.35. The van der Waals surface area contributed by atoms with Gasteiger partial charge in [0.15, 0.2) is 0 Å². The number of benzene rings is 2. The van der Waals surface area contributed by atoms with Crippen LogP contribution in [0.2, 0.25) is 15.1 Å². The first-order chi connectivity index (χ1) is 15.4. The van der Waals surface area contributed by atoms with Crippen molar-refractivity contribution in [2.24, 2.45) is 5.92 Å². The maximum absolute atomic E-state index is 12.1. The number of hydrogen-bond donors (Lipinski definition) is 3. The van der Waals surface area contributed by atoms with Crippen LogP contribution in [0.4, 0.5) is 4.79 Å². The van der Waals surface area contributed by atoms with E-state index in [0.29, 0.717) is 41.1 Å². The quantitative estimate of drug-likeness (QED) is 0.387. The van der Waals surface area contributed by atoms with E-state index in [1.165, 1.54) is 0 Å². The Bertz CT molecular complexity index is 937. The van der Waals surface area contributed by atoms with Gasteiger partial charge in [0.1, 0.15) is 0 Å². The first-order valence-electron chi connectivity index (χ1n) is 10.9. The predicted molar refractivity (Wildman–Crippen MR) is 131 cm³/mol. The third kappa shape index (κ3) is 6.53. The Morgan fingerprint density at radius 1 is 1.09 bits per heavy atom. The SMILES string of the molecule is CCNC(=O)NCCC[C@@H](c1ccc(Cl)cc1Cl)[C@H](c1ccc(Cl)cc1)[C@@H]1CNC(=O)C1. The van der Waals surface area contributed by atoms with Gasteiger partial charge in [0.2, 0.25) is 5.91 Å². The van der Waals surface area contributed by atoms with Crippen LogP contribution in [-0.2, 0) is 4.79 Å². The summed E-state index contributed by atoms with van der Waals surface area (Å²) in [6.45, 7) is 3.62. The van der Waals surface area contributed by atoms with E-state index in [1.54, 1.807) is 6.07 Å². The molecule has 2 aromatic rings. The number of carbonyl (C=O) groups is 2. The Labute approximate surface area is 204 Å². The summed E-state index contributed by atoms with van der Waals surface area (Å²) in [7, 11) is 0. The average molecular weight is 497 g/mol. The average Bonchev–Trinajstić information content (AvgIpc) is 3.18. The van der Waals surface area contributed by atoms with Crippen LogP contribution in [0.15, 0.2) is 42.5 Å². The van der Waals surface area contributed by atoms with Crippen molar-refractivity contribution in [3.63, 3.8) is 0 Å². The lowest BCUT2D eigenvalue weighted by Gasteiger charge is -2.33. The summed E-state index contributed by atoms with van der Waals surface area (Å²) in [5.41, 5.74) is 2.11. The van der Waals surface area contributed by atoms with Crippen LogP contribution in [0.5, 0.6) is 0 Å². The first-order valence-corrected chi connectivity index (χ1v) is 12.0. The van der Waals surface area contributed by atoms with Crippen molar-refractivity contribution in [2.75, 3.05) is 19.6 Å². The maximum Gasteiger partial charge on any atom is 0.314 e. The lowest BCUT2D eigenvalue weighted by atomic mass is 9.71. The Balaban J connectivity index is 1.92. The van der Waals surface area contributed by atoms with E-state index < -0.39 is 0 Å². The van der Waals surface area contributed by atoms with Crippen molar-refractivity contribution in [3.05, 3.63) is 68.7 Å². The summed E-state index contributed by atoms with van der Waals surface area (Å²) < 4.78 is 0. The molecule has 172 valence electrons. The molecule has 0 aromatic heterocycles. The topological polar surface area (TPSA) is 70.2 Å². The van der Waals surface area contributed by atoms with Gasteiger partial charge in [0.25, 0.3) is 0 Å². The van der Waals surface area contributed by atoms with E-state index in [4.69, 9.17) is 34.8 Å². The molecule has 0 bridgehead atoms. The fourth-order valence-corrected chi connectivity index (χ4v) is 5.15. The zero-order valence-corrected chi connectivity index (χ0v) is 20.2. The van der Waals surface area contributed by atoms with Gasteiger partial charge < -0.3 is 16.0 Å². The molecule has 0 unspecified atom stereocenters. The van der Waals surface area contributed by atoms with E-state index in [1.807, 2.05) is 43.3 Å². The summed E-state index contributed by atoms with van der Waals surface area (Å²) in [6, 6.07) is 13.2. The van der Waals surface area contributed by atoms with Gasteiger partial charge in [0.05, 0.1) is 0 Å². The van der Waals surface area contributed by atoms with Gasteiger partial charge in [-0.2, -0.15) is 0 Å². The molecule has 32 heavy (non-hydrogen) atoms. The molecule has 1 aliphatic heterocycles. The second kappa shape index (κ2) is 11.8. The van der Waals surface area contributed by atoms with Gasteiger partial charge in [-0.3, -0.25) is 4.79 Å². The normalized spacial score (nSPS) is 17.5. The number of nitrogens with one attached hydrogen (secondary N) is 3. The minimum absolute atomic E-state index is 0.0367. The summed E-state index contributed by atoms with van der Waals surface area (Å²) >= 11 is 19.0. The van der Waals surface area contributed by atoms with Gasteiger partial charge in [-0.25, -0.2) is 4.79 Å². The minimum Gasteiger partial charge on any atom is -0.356 e. The Kier molecular flexibility index (Phi) is 9.09. The van der Waals surface area contributed by atoms with Crippen molar-refractivity contribution >= 4 is 46.7 Å². The second-order valence-corrected chi connectivity index (χ2v) is 9.33. The number of amides is 3. The van der Waals surface area contributed by atoms with E-state index in [-0.39, 0.29) is 29.7 Å². The van der Waals surface area contributed by atoms with E-state index in [9.17, 15) is 9.59 Å². The molecule has 0 radical (unpaired) electrons. The fraction of sp³-hybridized carbons (Fsp3) is 0.417. The third-order valence-electron chi connectivity index (χ3n) is 5.88. The van der Waals surface area contributed by atoms with Gasteiger partial charge >= 0.3 is 6.03 Å². The Morgan fingerprint density at radius 3 is 2.44 bits per heavy atom. The van der Waals surface area contributed by atoms with Crippen molar-refractivity contribution in [3.8, 4) is 0 Å². The highest BCUT2D eigenvalue weighted by Gasteiger charge is 2.36. The molecular weight excluding hydrogens is 469 g/mol. The van der Waals surface area contributed by atoms with Gasteiger partial charge in [-0.1, -0.05) is 53.0 Å². The highest BCUT2D eigenvalue weighted by Crippen LogP contribution is 2.46. The van der Waals surface area contributed by atoms with Crippen molar-refractivity contribution in [1.82, 2.24) is 16.0 Å². The molecule has 8 heteroatoms. The molecular formula is C24H28Cl3N3O2. The Hall–Kier alpha value is -1.95. The van der Waals surface area contributed by atoms with Crippen LogP contribution >= 0.6 is 34.8 Å². The van der Waals surface area contributed by atoms with Gasteiger partial charge in [-0.05, 0) is 72.9 Å². The molecule has 1 aliphatic rings. The van der Waals surface area contributed by atoms with Crippen molar-refractivity contribution in [2.45, 2.75) is 38.0 Å². The number of urea groups is 1. The zero-order valence-electron chi connectivity index (χ0n) is 18.0. The molecule has 1 heterocycles. The fourth-order valence-electron chi connectivity index (χ4n) is 4.48. The maximum atomic E-state index is 12.1. The van der Waals surface area contributed by atoms with Crippen molar-refractivity contribution < 1.29 is 9.59 Å². The minimum atomic E-state index is -0.173. The zero-order chi connectivity index (χ0) is 23.1. The summed E-state index contributed by atoms with van der Waals surface area (Å²) in [6.07, 6.45) is 2.01. The van der Waals surface area contributed by atoms with E-state index in [2.05, 4.69) is 16.0 Å². The summed E-state index contributed by atoms with van der Waals surface area (Å²) in [5.74, 6) is 0.272. The molecule has 2 aromatic carbocycles. The summed E-state index contributed by atoms with van der Waals surface area (Å²) in [5, 5.41) is 10.5. The first kappa shape index (κ1) is 24.7. The van der Waals surface area contributed by atoms with Crippen LogP contribution in [0, 0.1) is 5.92 Å². The van der Waals surface area contributed by atoms with Crippen LogP contribution in [0.3, 0.4) is 0 Å². The number of halogens is 3. The van der Waals surface area contributed by atoms with Crippen LogP contribution < -0.4 is 16.0 Å².